The number of hydrogen-bond donors (Lipinski definition) is 1. The molecule has 2 fully saturated rings. The summed E-state index contributed by atoms with van der Waals surface area (Å²) >= 11 is 0. The number of nitrogens with one attached hydrogen (secondary N) is 1. The molecule has 0 unspecified atom stereocenters. The number of nitrogens with zero attached hydrogens (tertiary/aromatic N) is 4. The van der Waals surface area contributed by atoms with E-state index in [0.717, 1.165) is 13.1 Å². The summed E-state index contributed by atoms with van der Waals surface area (Å²) in [4.78, 5) is 27.6. The number of carbonyl (C=O) groups excluding carboxylic acids is 2. The molecule has 0 bridgehead atoms. The van der Waals surface area contributed by atoms with Crippen LogP contribution in [-0.2, 0) is 16.1 Å². The molecule has 2 aliphatic heterocycles. The van der Waals surface area contributed by atoms with Crippen LogP contribution in [0.2, 0.25) is 0 Å². The van der Waals surface area contributed by atoms with E-state index in [2.05, 4.69) is 15.3 Å². The zero-order valence-corrected chi connectivity index (χ0v) is 13.6. The summed E-state index contributed by atoms with van der Waals surface area (Å²) in [6.45, 7) is 7.45. The molecular formula is C15H23N5O3. The molecule has 1 N–H and O–H groups in total. The number of morpholine rings is 1. The average Bonchev–Trinajstić information content (AvgIpc) is 3.06. The predicted octanol–water partition coefficient (Wildman–Crippen LogP) is -0.0857. The van der Waals surface area contributed by atoms with Crippen molar-refractivity contribution >= 4 is 11.9 Å². The van der Waals surface area contributed by atoms with Crippen LogP contribution in [0, 0.1) is 0 Å². The van der Waals surface area contributed by atoms with Gasteiger partial charge in [0, 0.05) is 38.6 Å². The normalized spacial score (nSPS) is 25.0. The Balaban J connectivity index is 1.50. The molecule has 0 radical (unpaired) electrons. The first-order chi connectivity index (χ1) is 11.0. The highest BCUT2D eigenvalue weighted by Crippen LogP contribution is 2.16. The quantitative estimate of drug-likeness (QED) is 0.767. The third-order valence-corrected chi connectivity index (χ3v) is 4.26. The zero-order chi connectivity index (χ0) is 16.4. The van der Waals surface area contributed by atoms with Gasteiger partial charge in [-0.25, -0.2) is 4.79 Å². The third-order valence-electron chi connectivity index (χ3n) is 4.26. The summed E-state index contributed by atoms with van der Waals surface area (Å²) in [6.07, 6.45) is 3.74. The molecule has 8 heteroatoms. The molecule has 3 heterocycles. The van der Waals surface area contributed by atoms with E-state index in [1.165, 1.54) is 4.90 Å². The number of imide groups is 1. The summed E-state index contributed by atoms with van der Waals surface area (Å²) in [7, 11) is 0. The minimum atomic E-state index is -0.801. The Bertz CT molecular complexity index is 572. The minimum Gasteiger partial charge on any atom is -0.374 e. The smallest absolute Gasteiger partial charge is 0.325 e. The number of amides is 3. The van der Waals surface area contributed by atoms with Gasteiger partial charge in [-0.3, -0.25) is 19.3 Å². The second-order valence-electron chi connectivity index (χ2n) is 6.53. The van der Waals surface area contributed by atoms with E-state index in [1.807, 2.05) is 16.9 Å². The highest BCUT2D eigenvalue weighted by atomic mass is 16.5. The van der Waals surface area contributed by atoms with Crippen molar-refractivity contribution in [2.45, 2.75) is 32.0 Å². The number of aromatic nitrogens is 2. The van der Waals surface area contributed by atoms with Gasteiger partial charge in [-0.1, -0.05) is 0 Å². The van der Waals surface area contributed by atoms with Crippen LogP contribution >= 0.6 is 0 Å². The maximum absolute atomic E-state index is 12.2. The van der Waals surface area contributed by atoms with Crippen LogP contribution in [0.3, 0.4) is 0 Å². The monoisotopic (exact) mass is 321 g/mol. The number of ether oxygens (including phenoxy) is 1. The van der Waals surface area contributed by atoms with Gasteiger partial charge in [0.25, 0.3) is 5.91 Å². The zero-order valence-electron chi connectivity index (χ0n) is 13.6. The van der Waals surface area contributed by atoms with Crippen LogP contribution < -0.4 is 5.32 Å². The topological polar surface area (TPSA) is 79.7 Å². The number of carbonyl (C=O) groups is 2. The van der Waals surface area contributed by atoms with Crippen LogP contribution in [0.1, 0.15) is 13.8 Å². The lowest BCUT2D eigenvalue weighted by Crippen LogP contribution is -2.48. The van der Waals surface area contributed by atoms with Gasteiger partial charge in [0.2, 0.25) is 0 Å². The Morgan fingerprint density at radius 1 is 1.39 bits per heavy atom. The van der Waals surface area contributed by atoms with Crippen molar-refractivity contribution in [2.24, 2.45) is 0 Å². The SMILES string of the molecule is CC1(C)NC(=O)N(CCN2CCO[C@H](Cn3cccn3)C2)C1=O. The van der Waals surface area contributed by atoms with Crippen molar-refractivity contribution in [1.29, 1.82) is 0 Å². The standard InChI is InChI=1S/C15H23N5O3/c1-15(2)13(21)20(14(22)17-15)7-6-18-8-9-23-12(10-18)11-19-5-3-4-16-19/h3-5,12H,6-11H2,1-2H3,(H,17,22)/t12-/m0/s1. The second kappa shape index (κ2) is 6.29. The first-order valence-electron chi connectivity index (χ1n) is 7.91. The van der Waals surface area contributed by atoms with Crippen LogP contribution in [0.4, 0.5) is 4.79 Å². The predicted molar refractivity (Wildman–Crippen MR) is 82.7 cm³/mol. The molecule has 1 atom stereocenters. The number of urea groups is 1. The maximum atomic E-state index is 12.2. The van der Waals surface area contributed by atoms with Gasteiger partial charge in [0.05, 0.1) is 19.3 Å². The van der Waals surface area contributed by atoms with E-state index in [9.17, 15) is 9.59 Å². The third kappa shape index (κ3) is 3.53. The lowest BCUT2D eigenvalue weighted by Gasteiger charge is -2.33. The second-order valence-corrected chi connectivity index (χ2v) is 6.53. The number of hydrogen-bond acceptors (Lipinski definition) is 5. The summed E-state index contributed by atoms with van der Waals surface area (Å²) in [6, 6.07) is 1.58. The first-order valence-corrected chi connectivity index (χ1v) is 7.91. The van der Waals surface area contributed by atoms with Gasteiger partial charge in [-0.15, -0.1) is 0 Å². The maximum Gasteiger partial charge on any atom is 0.325 e. The molecule has 2 saturated heterocycles. The van der Waals surface area contributed by atoms with Crippen molar-refractivity contribution in [2.75, 3.05) is 32.8 Å². The average molecular weight is 321 g/mol. The molecule has 2 aliphatic rings. The van der Waals surface area contributed by atoms with E-state index in [4.69, 9.17) is 4.74 Å². The van der Waals surface area contributed by atoms with Crippen molar-refractivity contribution in [3.05, 3.63) is 18.5 Å². The van der Waals surface area contributed by atoms with Crippen LogP contribution in [0.25, 0.3) is 0 Å². The fourth-order valence-corrected chi connectivity index (χ4v) is 2.97. The Kier molecular flexibility index (Phi) is 4.36. The van der Waals surface area contributed by atoms with Crippen molar-refractivity contribution in [3.8, 4) is 0 Å². The molecule has 0 spiro atoms. The Hall–Kier alpha value is -1.93. The molecule has 126 valence electrons. The molecular weight excluding hydrogens is 298 g/mol. The van der Waals surface area contributed by atoms with Crippen LogP contribution in [-0.4, -0.2) is 75.9 Å². The largest absolute Gasteiger partial charge is 0.374 e. The molecule has 23 heavy (non-hydrogen) atoms. The van der Waals surface area contributed by atoms with Gasteiger partial charge in [0.1, 0.15) is 5.54 Å². The Morgan fingerprint density at radius 2 is 2.22 bits per heavy atom. The van der Waals surface area contributed by atoms with Gasteiger partial charge in [0.15, 0.2) is 0 Å². The molecule has 1 aromatic heterocycles. The van der Waals surface area contributed by atoms with E-state index in [1.54, 1.807) is 20.0 Å². The lowest BCUT2D eigenvalue weighted by molar-refractivity contribution is -0.130. The summed E-state index contributed by atoms with van der Waals surface area (Å²) in [5.74, 6) is -0.163. The molecule has 0 aromatic carbocycles. The van der Waals surface area contributed by atoms with Gasteiger partial charge >= 0.3 is 6.03 Å². The molecule has 3 amide bonds. The molecule has 0 saturated carbocycles. The van der Waals surface area contributed by atoms with Gasteiger partial charge < -0.3 is 10.1 Å². The highest BCUT2D eigenvalue weighted by Gasteiger charge is 2.44. The molecule has 1 aromatic rings. The summed E-state index contributed by atoms with van der Waals surface area (Å²) in [5.41, 5.74) is -0.801. The Labute approximate surface area is 135 Å². The Morgan fingerprint density at radius 3 is 2.87 bits per heavy atom. The molecule has 3 rings (SSSR count). The lowest BCUT2D eigenvalue weighted by atomic mass is 10.1. The summed E-state index contributed by atoms with van der Waals surface area (Å²) in [5, 5.41) is 6.89. The van der Waals surface area contributed by atoms with Crippen molar-refractivity contribution in [3.63, 3.8) is 0 Å². The van der Waals surface area contributed by atoms with Crippen molar-refractivity contribution in [1.82, 2.24) is 24.9 Å². The highest BCUT2D eigenvalue weighted by molar-refractivity contribution is 6.06. The van der Waals surface area contributed by atoms with Crippen molar-refractivity contribution < 1.29 is 14.3 Å². The molecule has 8 nitrogen and oxygen atoms in total. The van der Waals surface area contributed by atoms with Gasteiger partial charge in [-0.05, 0) is 19.9 Å². The minimum absolute atomic E-state index is 0.0724. The molecule has 0 aliphatic carbocycles. The fraction of sp³-hybridized carbons (Fsp3) is 0.667. The summed E-state index contributed by atoms with van der Waals surface area (Å²) < 4.78 is 7.62. The van der Waals surface area contributed by atoms with Gasteiger partial charge in [-0.2, -0.15) is 5.10 Å². The van der Waals surface area contributed by atoms with E-state index in [0.29, 0.717) is 26.2 Å². The van der Waals surface area contributed by atoms with Crippen LogP contribution in [0.5, 0.6) is 0 Å². The first kappa shape index (κ1) is 15.9. The van der Waals surface area contributed by atoms with E-state index in [-0.39, 0.29) is 18.0 Å². The fourth-order valence-electron chi connectivity index (χ4n) is 2.97. The number of rotatable bonds is 5. The van der Waals surface area contributed by atoms with Crippen LogP contribution in [0.15, 0.2) is 18.5 Å². The van der Waals surface area contributed by atoms with E-state index < -0.39 is 5.54 Å². The van der Waals surface area contributed by atoms with E-state index >= 15 is 0 Å².